The molecule has 19 heavy (non-hydrogen) atoms. The summed E-state index contributed by atoms with van der Waals surface area (Å²) in [6.07, 6.45) is 2.51. The van der Waals surface area contributed by atoms with Crippen molar-refractivity contribution >= 4 is 0 Å². The van der Waals surface area contributed by atoms with Crippen LogP contribution in [0.4, 0.5) is 0 Å². The molecule has 2 N–H and O–H groups in total. The second kappa shape index (κ2) is 6.92. The van der Waals surface area contributed by atoms with Crippen molar-refractivity contribution in [3.05, 3.63) is 29.8 Å². The number of hydrogen-bond acceptors (Lipinski definition) is 3. The number of rotatable bonds is 5. The standard InChI is InChI=1S/C16H26N2O/c1-3-17-12-14-8-10-18(11-9-14)13(2)15-6-4-5-7-16(15)19/h4-7,13-14,17,19H,3,8-12H2,1-2H3. The molecule has 2 rings (SSSR count). The Morgan fingerprint density at radius 3 is 2.63 bits per heavy atom. The summed E-state index contributed by atoms with van der Waals surface area (Å²) < 4.78 is 0. The zero-order chi connectivity index (χ0) is 13.7. The number of phenolic OH excluding ortho intramolecular Hbond substituents is 1. The van der Waals surface area contributed by atoms with Crippen LogP contribution in [0.15, 0.2) is 24.3 Å². The van der Waals surface area contributed by atoms with Crippen molar-refractivity contribution in [1.29, 1.82) is 0 Å². The average Bonchev–Trinajstić information content (AvgIpc) is 2.45. The van der Waals surface area contributed by atoms with Crippen molar-refractivity contribution in [2.24, 2.45) is 5.92 Å². The summed E-state index contributed by atoms with van der Waals surface area (Å²) in [7, 11) is 0. The lowest BCUT2D eigenvalue weighted by Crippen LogP contribution is -2.38. The van der Waals surface area contributed by atoms with Crippen LogP contribution in [0.1, 0.15) is 38.3 Å². The first-order valence-electron chi connectivity index (χ1n) is 7.45. The van der Waals surface area contributed by atoms with Gasteiger partial charge < -0.3 is 10.4 Å². The van der Waals surface area contributed by atoms with E-state index in [0.717, 1.165) is 37.7 Å². The number of benzene rings is 1. The van der Waals surface area contributed by atoms with E-state index >= 15 is 0 Å². The lowest BCUT2D eigenvalue weighted by molar-refractivity contribution is 0.139. The lowest BCUT2D eigenvalue weighted by atomic mass is 9.94. The molecular formula is C16H26N2O. The van der Waals surface area contributed by atoms with Gasteiger partial charge >= 0.3 is 0 Å². The minimum Gasteiger partial charge on any atom is -0.508 e. The van der Waals surface area contributed by atoms with Gasteiger partial charge in [0.05, 0.1) is 0 Å². The van der Waals surface area contributed by atoms with Crippen LogP contribution < -0.4 is 5.32 Å². The monoisotopic (exact) mass is 262 g/mol. The van der Waals surface area contributed by atoms with Crippen LogP contribution >= 0.6 is 0 Å². The van der Waals surface area contributed by atoms with Crippen molar-refractivity contribution in [2.75, 3.05) is 26.2 Å². The summed E-state index contributed by atoms with van der Waals surface area (Å²) in [4.78, 5) is 2.48. The smallest absolute Gasteiger partial charge is 0.120 e. The molecule has 0 saturated carbocycles. The average molecular weight is 262 g/mol. The maximum atomic E-state index is 9.94. The Morgan fingerprint density at radius 1 is 1.32 bits per heavy atom. The first kappa shape index (κ1) is 14.4. The van der Waals surface area contributed by atoms with E-state index in [-0.39, 0.29) is 0 Å². The summed E-state index contributed by atoms with van der Waals surface area (Å²) in [6.45, 7) is 8.83. The van der Waals surface area contributed by atoms with Gasteiger partial charge in [-0.15, -0.1) is 0 Å². The highest BCUT2D eigenvalue weighted by molar-refractivity contribution is 5.34. The summed E-state index contributed by atoms with van der Waals surface area (Å²) in [5.41, 5.74) is 1.05. The Morgan fingerprint density at radius 2 is 2.00 bits per heavy atom. The maximum absolute atomic E-state index is 9.94. The Hall–Kier alpha value is -1.06. The fourth-order valence-electron chi connectivity index (χ4n) is 2.93. The molecule has 1 saturated heterocycles. The van der Waals surface area contributed by atoms with Crippen molar-refractivity contribution in [3.8, 4) is 5.75 Å². The predicted molar refractivity (Wildman–Crippen MR) is 79.4 cm³/mol. The number of nitrogens with one attached hydrogen (secondary N) is 1. The van der Waals surface area contributed by atoms with Gasteiger partial charge in [-0.1, -0.05) is 25.1 Å². The van der Waals surface area contributed by atoms with Crippen molar-refractivity contribution in [1.82, 2.24) is 10.2 Å². The molecule has 1 aliphatic heterocycles. The molecule has 0 aliphatic carbocycles. The SMILES string of the molecule is CCNCC1CCN(C(C)c2ccccc2O)CC1. The first-order valence-corrected chi connectivity index (χ1v) is 7.45. The zero-order valence-electron chi connectivity index (χ0n) is 12.1. The van der Waals surface area contributed by atoms with Crippen LogP contribution in [0.25, 0.3) is 0 Å². The number of phenols is 1. The molecule has 0 bridgehead atoms. The van der Waals surface area contributed by atoms with Gasteiger partial charge in [0, 0.05) is 11.6 Å². The summed E-state index contributed by atoms with van der Waals surface area (Å²) in [5, 5.41) is 13.4. The van der Waals surface area contributed by atoms with E-state index in [4.69, 9.17) is 0 Å². The number of aromatic hydroxyl groups is 1. The Bertz CT molecular complexity index is 386. The third-order valence-corrected chi connectivity index (χ3v) is 4.27. The molecule has 0 amide bonds. The normalized spacial score (nSPS) is 19.5. The van der Waals surface area contributed by atoms with E-state index in [2.05, 4.69) is 24.1 Å². The van der Waals surface area contributed by atoms with E-state index in [0.29, 0.717) is 11.8 Å². The Kier molecular flexibility index (Phi) is 5.23. The topological polar surface area (TPSA) is 35.5 Å². The molecule has 3 heteroatoms. The Balaban J connectivity index is 1.89. The molecule has 1 atom stereocenters. The third-order valence-electron chi connectivity index (χ3n) is 4.27. The first-order chi connectivity index (χ1) is 9.22. The number of para-hydroxylation sites is 1. The van der Waals surface area contributed by atoms with Gasteiger partial charge in [0.1, 0.15) is 5.75 Å². The van der Waals surface area contributed by atoms with Gasteiger partial charge in [0.2, 0.25) is 0 Å². The van der Waals surface area contributed by atoms with Gasteiger partial charge in [-0.2, -0.15) is 0 Å². The molecule has 1 aromatic carbocycles. The summed E-state index contributed by atoms with van der Waals surface area (Å²) in [6, 6.07) is 8.01. The van der Waals surface area contributed by atoms with Crippen molar-refractivity contribution < 1.29 is 5.11 Å². The molecule has 1 unspecified atom stereocenters. The maximum Gasteiger partial charge on any atom is 0.120 e. The number of nitrogens with zero attached hydrogens (tertiary/aromatic N) is 1. The highest BCUT2D eigenvalue weighted by atomic mass is 16.3. The zero-order valence-corrected chi connectivity index (χ0v) is 12.1. The molecule has 1 aliphatic rings. The molecule has 0 radical (unpaired) electrons. The molecule has 3 nitrogen and oxygen atoms in total. The molecular weight excluding hydrogens is 236 g/mol. The molecule has 1 fully saturated rings. The fourth-order valence-corrected chi connectivity index (χ4v) is 2.93. The van der Waals surface area contributed by atoms with Crippen molar-refractivity contribution in [3.63, 3.8) is 0 Å². The fraction of sp³-hybridized carbons (Fsp3) is 0.625. The van der Waals surface area contributed by atoms with Gasteiger partial charge in [0.25, 0.3) is 0 Å². The van der Waals surface area contributed by atoms with Gasteiger partial charge in [-0.25, -0.2) is 0 Å². The number of hydrogen-bond donors (Lipinski definition) is 2. The van der Waals surface area contributed by atoms with E-state index in [1.807, 2.05) is 18.2 Å². The van der Waals surface area contributed by atoms with Crippen LogP contribution in [-0.4, -0.2) is 36.2 Å². The van der Waals surface area contributed by atoms with E-state index in [1.54, 1.807) is 6.07 Å². The second-order valence-corrected chi connectivity index (χ2v) is 5.52. The largest absolute Gasteiger partial charge is 0.508 e. The quantitative estimate of drug-likeness (QED) is 0.856. The van der Waals surface area contributed by atoms with E-state index in [1.165, 1.54) is 12.8 Å². The minimum absolute atomic E-state index is 0.307. The van der Waals surface area contributed by atoms with Crippen LogP contribution in [0.2, 0.25) is 0 Å². The molecule has 1 heterocycles. The highest BCUT2D eigenvalue weighted by Gasteiger charge is 2.24. The van der Waals surface area contributed by atoms with E-state index < -0.39 is 0 Å². The third kappa shape index (κ3) is 3.71. The molecule has 0 spiro atoms. The van der Waals surface area contributed by atoms with Crippen molar-refractivity contribution in [2.45, 2.75) is 32.7 Å². The molecule has 106 valence electrons. The van der Waals surface area contributed by atoms with Crippen LogP contribution in [0.3, 0.4) is 0 Å². The summed E-state index contributed by atoms with van der Waals surface area (Å²) >= 11 is 0. The van der Waals surface area contributed by atoms with Gasteiger partial charge in [-0.05, 0) is 57.9 Å². The van der Waals surface area contributed by atoms with Crippen LogP contribution in [-0.2, 0) is 0 Å². The Labute approximate surface area is 116 Å². The van der Waals surface area contributed by atoms with Gasteiger partial charge in [-0.3, -0.25) is 4.90 Å². The van der Waals surface area contributed by atoms with Gasteiger partial charge in [0.15, 0.2) is 0 Å². The van der Waals surface area contributed by atoms with Crippen LogP contribution in [0.5, 0.6) is 5.75 Å². The van der Waals surface area contributed by atoms with E-state index in [9.17, 15) is 5.11 Å². The highest BCUT2D eigenvalue weighted by Crippen LogP contribution is 2.30. The van der Waals surface area contributed by atoms with Crippen LogP contribution in [0, 0.1) is 5.92 Å². The summed E-state index contributed by atoms with van der Waals surface area (Å²) in [5.74, 6) is 1.23. The predicted octanol–water partition coefficient (Wildman–Crippen LogP) is 2.77. The number of piperidine rings is 1. The number of likely N-dealkylation sites (tertiary alicyclic amines) is 1. The second-order valence-electron chi connectivity index (χ2n) is 5.52. The minimum atomic E-state index is 0.307. The molecule has 1 aromatic rings. The lowest BCUT2D eigenvalue weighted by Gasteiger charge is -2.36. The molecule has 0 aromatic heterocycles.